The number of hydrogen-bond donors (Lipinski definition) is 1. The standard InChI is InChI=1S/C17H23N3O5/c21-16(18-13-6-2-1-3-7-13)12-5-4-10-19(11-12)17(22)14-8-9-15(25-14)20(23)24/h8-9,12-13H,1-7,10-11H2,(H,18,21). The molecule has 0 spiro atoms. The lowest BCUT2D eigenvalue weighted by atomic mass is 9.93. The maximum absolute atomic E-state index is 12.5. The number of carbonyl (C=O) groups excluding carboxylic acids is 2. The van der Waals surface area contributed by atoms with Crippen LogP contribution in [0, 0.1) is 16.0 Å². The molecule has 1 aliphatic carbocycles. The second-order valence-corrected chi connectivity index (χ2v) is 6.83. The first-order valence-electron chi connectivity index (χ1n) is 8.88. The predicted octanol–water partition coefficient (Wildman–Crippen LogP) is 2.49. The van der Waals surface area contributed by atoms with Crippen molar-refractivity contribution in [1.82, 2.24) is 10.2 Å². The number of carbonyl (C=O) groups is 2. The highest BCUT2D eigenvalue weighted by atomic mass is 16.6. The summed E-state index contributed by atoms with van der Waals surface area (Å²) in [5.41, 5.74) is 0. The molecule has 2 fully saturated rings. The Balaban J connectivity index is 1.58. The summed E-state index contributed by atoms with van der Waals surface area (Å²) >= 11 is 0. The van der Waals surface area contributed by atoms with Crippen molar-refractivity contribution in [3.8, 4) is 0 Å². The topological polar surface area (TPSA) is 106 Å². The van der Waals surface area contributed by atoms with Crippen LogP contribution in [-0.2, 0) is 4.79 Å². The molecule has 3 rings (SSSR count). The van der Waals surface area contributed by atoms with Crippen LogP contribution in [0.15, 0.2) is 16.5 Å². The lowest BCUT2D eigenvalue weighted by Gasteiger charge is -2.33. The van der Waals surface area contributed by atoms with Gasteiger partial charge in [-0.15, -0.1) is 0 Å². The average Bonchev–Trinajstić information content (AvgIpc) is 3.12. The van der Waals surface area contributed by atoms with Crippen LogP contribution in [0.3, 0.4) is 0 Å². The Hall–Kier alpha value is -2.38. The van der Waals surface area contributed by atoms with Gasteiger partial charge in [-0.2, -0.15) is 0 Å². The highest BCUT2D eigenvalue weighted by Crippen LogP contribution is 2.23. The minimum atomic E-state index is -0.673. The van der Waals surface area contributed by atoms with Crippen LogP contribution < -0.4 is 5.32 Å². The van der Waals surface area contributed by atoms with Crippen molar-refractivity contribution in [2.24, 2.45) is 5.92 Å². The molecule has 1 N–H and O–H groups in total. The summed E-state index contributed by atoms with van der Waals surface area (Å²) in [7, 11) is 0. The van der Waals surface area contributed by atoms with E-state index in [-0.39, 0.29) is 23.6 Å². The maximum Gasteiger partial charge on any atom is 0.433 e. The Bertz CT molecular complexity index is 650. The minimum Gasteiger partial charge on any atom is -0.395 e. The summed E-state index contributed by atoms with van der Waals surface area (Å²) < 4.78 is 4.99. The summed E-state index contributed by atoms with van der Waals surface area (Å²) in [5.74, 6) is -1.13. The van der Waals surface area contributed by atoms with E-state index in [2.05, 4.69) is 5.32 Å². The molecule has 1 aliphatic heterocycles. The van der Waals surface area contributed by atoms with Gasteiger partial charge in [-0.05, 0) is 31.7 Å². The van der Waals surface area contributed by atoms with Gasteiger partial charge in [0, 0.05) is 19.1 Å². The van der Waals surface area contributed by atoms with E-state index in [1.54, 1.807) is 4.90 Å². The summed E-state index contributed by atoms with van der Waals surface area (Å²) in [6.45, 7) is 0.854. The zero-order valence-electron chi connectivity index (χ0n) is 14.1. The van der Waals surface area contributed by atoms with E-state index in [0.717, 1.165) is 38.5 Å². The van der Waals surface area contributed by atoms with Crippen LogP contribution in [0.5, 0.6) is 0 Å². The number of rotatable bonds is 4. The van der Waals surface area contributed by atoms with Crippen molar-refractivity contribution in [2.45, 2.75) is 51.0 Å². The molecule has 8 heteroatoms. The Morgan fingerprint density at radius 3 is 2.60 bits per heavy atom. The number of piperidine rings is 1. The van der Waals surface area contributed by atoms with Gasteiger partial charge in [-0.1, -0.05) is 19.3 Å². The monoisotopic (exact) mass is 349 g/mol. The fourth-order valence-corrected chi connectivity index (χ4v) is 3.64. The van der Waals surface area contributed by atoms with Crippen molar-refractivity contribution in [1.29, 1.82) is 0 Å². The zero-order valence-corrected chi connectivity index (χ0v) is 14.1. The second kappa shape index (κ2) is 7.67. The van der Waals surface area contributed by atoms with Crippen molar-refractivity contribution in [2.75, 3.05) is 13.1 Å². The van der Waals surface area contributed by atoms with Crippen LogP contribution >= 0.6 is 0 Å². The molecule has 25 heavy (non-hydrogen) atoms. The van der Waals surface area contributed by atoms with Gasteiger partial charge in [-0.3, -0.25) is 19.7 Å². The molecule has 1 saturated carbocycles. The van der Waals surface area contributed by atoms with Crippen molar-refractivity contribution >= 4 is 17.7 Å². The summed E-state index contributed by atoms with van der Waals surface area (Å²) in [4.78, 5) is 36.5. The molecule has 1 aromatic rings. The minimum absolute atomic E-state index is 0.00910. The molecule has 136 valence electrons. The van der Waals surface area contributed by atoms with E-state index < -0.39 is 16.7 Å². The number of nitro groups is 1. The van der Waals surface area contributed by atoms with Gasteiger partial charge in [0.1, 0.15) is 4.92 Å². The van der Waals surface area contributed by atoms with Gasteiger partial charge in [0.25, 0.3) is 5.91 Å². The molecule has 1 aromatic heterocycles. The van der Waals surface area contributed by atoms with Crippen LogP contribution in [-0.4, -0.2) is 40.8 Å². The Morgan fingerprint density at radius 2 is 1.92 bits per heavy atom. The molecule has 0 aromatic carbocycles. The van der Waals surface area contributed by atoms with Gasteiger partial charge < -0.3 is 14.6 Å². The lowest BCUT2D eigenvalue weighted by molar-refractivity contribution is -0.402. The smallest absolute Gasteiger partial charge is 0.395 e. The van der Waals surface area contributed by atoms with Crippen molar-refractivity contribution < 1.29 is 18.9 Å². The first-order valence-corrected chi connectivity index (χ1v) is 8.88. The van der Waals surface area contributed by atoms with E-state index in [0.29, 0.717) is 13.1 Å². The van der Waals surface area contributed by atoms with Gasteiger partial charge in [0.05, 0.1) is 12.0 Å². The molecular weight excluding hydrogens is 326 g/mol. The van der Waals surface area contributed by atoms with E-state index in [1.165, 1.54) is 18.6 Å². The lowest BCUT2D eigenvalue weighted by Crippen LogP contribution is -2.47. The summed E-state index contributed by atoms with van der Waals surface area (Å²) in [6.07, 6.45) is 7.06. The Labute approximate surface area is 145 Å². The molecule has 2 amide bonds. The number of nitrogens with one attached hydrogen (secondary N) is 1. The van der Waals surface area contributed by atoms with E-state index in [4.69, 9.17) is 4.42 Å². The molecule has 1 unspecified atom stereocenters. The normalized spacial score (nSPS) is 21.8. The number of likely N-dealkylation sites (tertiary alicyclic amines) is 1. The van der Waals surface area contributed by atoms with Crippen molar-refractivity contribution in [3.63, 3.8) is 0 Å². The number of hydrogen-bond acceptors (Lipinski definition) is 5. The van der Waals surface area contributed by atoms with Gasteiger partial charge in [0.15, 0.2) is 5.76 Å². The molecular formula is C17H23N3O5. The second-order valence-electron chi connectivity index (χ2n) is 6.83. The largest absolute Gasteiger partial charge is 0.433 e. The molecule has 2 heterocycles. The number of amides is 2. The number of furan rings is 1. The first kappa shape index (κ1) is 17.4. The van der Waals surface area contributed by atoms with E-state index in [9.17, 15) is 19.7 Å². The van der Waals surface area contributed by atoms with E-state index >= 15 is 0 Å². The Morgan fingerprint density at radius 1 is 1.16 bits per heavy atom. The summed E-state index contributed by atoms with van der Waals surface area (Å²) in [6, 6.07) is 2.73. The van der Waals surface area contributed by atoms with Crippen molar-refractivity contribution in [3.05, 3.63) is 28.0 Å². The van der Waals surface area contributed by atoms with Crippen LogP contribution in [0.25, 0.3) is 0 Å². The first-order chi connectivity index (χ1) is 12.0. The molecule has 0 bridgehead atoms. The van der Waals surface area contributed by atoms with Gasteiger partial charge in [-0.25, -0.2) is 0 Å². The maximum atomic E-state index is 12.5. The third-order valence-corrected chi connectivity index (χ3v) is 5.01. The fraction of sp³-hybridized carbons (Fsp3) is 0.647. The molecule has 1 atom stereocenters. The fourth-order valence-electron chi connectivity index (χ4n) is 3.64. The molecule has 0 radical (unpaired) electrons. The van der Waals surface area contributed by atoms with Crippen LogP contribution in [0.2, 0.25) is 0 Å². The van der Waals surface area contributed by atoms with Crippen LogP contribution in [0.4, 0.5) is 5.88 Å². The third-order valence-electron chi connectivity index (χ3n) is 5.01. The Kier molecular flexibility index (Phi) is 5.35. The SMILES string of the molecule is O=C(NC1CCCCC1)C1CCCN(C(=O)c2ccc([N+](=O)[O-])o2)C1. The third kappa shape index (κ3) is 4.18. The predicted molar refractivity (Wildman–Crippen MR) is 89.0 cm³/mol. The van der Waals surface area contributed by atoms with E-state index in [1.807, 2.05) is 0 Å². The van der Waals surface area contributed by atoms with Gasteiger partial charge >= 0.3 is 5.88 Å². The zero-order chi connectivity index (χ0) is 17.8. The summed E-state index contributed by atoms with van der Waals surface area (Å²) in [5, 5.41) is 13.8. The quantitative estimate of drug-likeness (QED) is 0.664. The molecule has 2 aliphatic rings. The van der Waals surface area contributed by atoms with Crippen LogP contribution in [0.1, 0.15) is 55.5 Å². The number of nitrogens with zero attached hydrogens (tertiary/aromatic N) is 2. The molecule has 8 nitrogen and oxygen atoms in total. The average molecular weight is 349 g/mol. The highest BCUT2D eigenvalue weighted by Gasteiger charge is 2.31. The highest BCUT2D eigenvalue weighted by molar-refractivity contribution is 5.92. The van der Waals surface area contributed by atoms with Gasteiger partial charge in [0.2, 0.25) is 5.91 Å². The molecule has 1 saturated heterocycles.